The van der Waals surface area contributed by atoms with E-state index in [2.05, 4.69) is 5.32 Å². The predicted octanol–water partition coefficient (Wildman–Crippen LogP) is 5.16. The molecule has 0 saturated heterocycles. The number of rotatable bonds is 12. The number of hydrogen-bond acceptors (Lipinski definition) is 5. The molecule has 0 aromatic heterocycles. The molecule has 0 fully saturated rings. The van der Waals surface area contributed by atoms with Crippen LogP contribution in [0.25, 0.3) is 0 Å². The maximum Gasteiger partial charge on any atom is 0.264 e. The lowest BCUT2D eigenvalue weighted by Gasteiger charge is -2.33. The van der Waals surface area contributed by atoms with Crippen LogP contribution in [0, 0.1) is 13.8 Å². The molecule has 0 bridgehead atoms. The number of benzene rings is 3. The van der Waals surface area contributed by atoms with Crippen molar-refractivity contribution >= 4 is 39.3 Å². The van der Waals surface area contributed by atoms with Crippen molar-refractivity contribution in [2.24, 2.45) is 0 Å². The van der Waals surface area contributed by atoms with E-state index in [-0.39, 0.29) is 17.3 Å². The Labute approximate surface area is 236 Å². The summed E-state index contributed by atoms with van der Waals surface area (Å²) in [6.45, 7) is 7.71. The fourth-order valence-electron chi connectivity index (χ4n) is 4.33. The van der Waals surface area contributed by atoms with Crippen molar-refractivity contribution in [2.75, 3.05) is 23.7 Å². The van der Waals surface area contributed by atoms with E-state index in [1.807, 2.05) is 70.3 Å². The average molecular weight is 568 g/mol. The van der Waals surface area contributed by atoms with Gasteiger partial charge in [0.1, 0.15) is 12.6 Å². The van der Waals surface area contributed by atoms with Gasteiger partial charge >= 0.3 is 0 Å². The van der Waals surface area contributed by atoms with Crippen molar-refractivity contribution in [1.29, 1.82) is 0 Å². The number of amides is 2. The summed E-state index contributed by atoms with van der Waals surface area (Å²) in [5.74, 6) is -0.724. The van der Waals surface area contributed by atoms with Crippen LogP contribution in [0.5, 0.6) is 0 Å². The van der Waals surface area contributed by atoms with E-state index in [1.54, 1.807) is 36.4 Å². The molecule has 208 valence electrons. The van der Waals surface area contributed by atoms with Gasteiger partial charge in [-0.15, -0.1) is 11.8 Å². The lowest BCUT2D eigenvalue weighted by atomic mass is 10.1. The fraction of sp³-hybridized carbons (Fsp3) is 0.333. The van der Waals surface area contributed by atoms with Gasteiger partial charge < -0.3 is 10.2 Å². The van der Waals surface area contributed by atoms with Gasteiger partial charge in [0, 0.05) is 18.0 Å². The van der Waals surface area contributed by atoms with Crippen LogP contribution in [0.1, 0.15) is 37.0 Å². The second-order valence-electron chi connectivity index (χ2n) is 9.35. The van der Waals surface area contributed by atoms with Gasteiger partial charge in [0.25, 0.3) is 10.0 Å². The van der Waals surface area contributed by atoms with E-state index in [0.29, 0.717) is 18.7 Å². The first-order valence-electron chi connectivity index (χ1n) is 13.0. The van der Waals surface area contributed by atoms with Crippen LogP contribution in [-0.2, 0) is 26.2 Å². The lowest BCUT2D eigenvalue weighted by molar-refractivity contribution is -0.140. The molecule has 7 nitrogen and oxygen atoms in total. The first-order valence-corrected chi connectivity index (χ1v) is 15.6. The van der Waals surface area contributed by atoms with Crippen molar-refractivity contribution in [3.05, 3.63) is 89.5 Å². The molecule has 3 aromatic rings. The zero-order valence-electron chi connectivity index (χ0n) is 23.2. The quantitative estimate of drug-likeness (QED) is 0.306. The topological polar surface area (TPSA) is 86.8 Å². The fourth-order valence-corrected chi connectivity index (χ4v) is 6.16. The Balaban J connectivity index is 2.05. The number of carbonyl (C=O) groups excluding carboxylic acids is 2. The Morgan fingerprint density at radius 2 is 1.59 bits per heavy atom. The van der Waals surface area contributed by atoms with Gasteiger partial charge in [-0.05, 0) is 75.4 Å². The van der Waals surface area contributed by atoms with Gasteiger partial charge in [0.2, 0.25) is 11.8 Å². The van der Waals surface area contributed by atoms with Gasteiger partial charge in [-0.1, -0.05) is 54.4 Å². The summed E-state index contributed by atoms with van der Waals surface area (Å²) in [5.41, 5.74) is 3.24. The van der Waals surface area contributed by atoms with Gasteiger partial charge in [-0.3, -0.25) is 13.9 Å². The van der Waals surface area contributed by atoms with Crippen molar-refractivity contribution < 1.29 is 18.0 Å². The third kappa shape index (κ3) is 7.64. The zero-order valence-corrected chi connectivity index (χ0v) is 24.8. The van der Waals surface area contributed by atoms with Crippen molar-refractivity contribution in [2.45, 2.75) is 56.5 Å². The Kier molecular flexibility index (Phi) is 10.6. The minimum atomic E-state index is -4.09. The number of nitrogens with zero attached hydrogens (tertiary/aromatic N) is 2. The second-order valence-corrected chi connectivity index (χ2v) is 12.1. The first kappa shape index (κ1) is 30.2. The Hall–Kier alpha value is -3.30. The van der Waals surface area contributed by atoms with Gasteiger partial charge in [0.05, 0.1) is 10.6 Å². The summed E-state index contributed by atoms with van der Waals surface area (Å²) in [4.78, 5) is 29.5. The van der Waals surface area contributed by atoms with E-state index in [4.69, 9.17) is 0 Å². The number of sulfonamides is 1. The third-order valence-electron chi connectivity index (χ3n) is 6.42. The van der Waals surface area contributed by atoms with E-state index < -0.39 is 28.5 Å². The van der Waals surface area contributed by atoms with Crippen LogP contribution in [0.2, 0.25) is 0 Å². The largest absolute Gasteiger partial charge is 0.355 e. The number of hydrogen-bond donors (Lipinski definition) is 1. The minimum absolute atomic E-state index is 0.0923. The number of likely N-dealkylation sites (N-methyl/N-ethyl adjacent to an activating group) is 1. The highest BCUT2D eigenvalue weighted by Gasteiger charge is 2.33. The Bertz CT molecular complexity index is 1370. The number of carbonyl (C=O) groups is 2. The van der Waals surface area contributed by atoms with Crippen LogP contribution in [0.4, 0.5) is 5.69 Å². The highest BCUT2D eigenvalue weighted by molar-refractivity contribution is 7.98. The van der Waals surface area contributed by atoms with E-state index in [0.717, 1.165) is 25.9 Å². The molecule has 0 unspecified atom stereocenters. The van der Waals surface area contributed by atoms with E-state index in [1.165, 1.54) is 16.7 Å². The molecule has 1 N–H and O–H groups in total. The molecule has 9 heteroatoms. The minimum Gasteiger partial charge on any atom is -0.355 e. The summed E-state index contributed by atoms with van der Waals surface area (Å²) in [5, 5.41) is 2.82. The third-order valence-corrected chi connectivity index (χ3v) is 8.95. The van der Waals surface area contributed by atoms with Crippen LogP contribution in [0.15, 0.2) is 82.6 Å². The normalized spacial score (nSPS) is 12.0. The van der Waals surface area contributed by atoms with Crippen molar-refractivity contribution in [3.63, 3.8) is 0 Å². The first-order chi connectivity index (χ1) is 18.6. The predicted molar refractivity (Wildman–Crippen MR) is 158 cm³/mol. The molecule has 0 saturated carbocycles. The molecule has 0 aliphatic heterocycles. The molecular weight excluding hydrogens is 530 g/mol. The number of nitrogens with one attached hydrogen (secondary N) is 1. The van der Waals surface area contributed by atoms with Crippen molar-refractivity contribution in [3.8, 4) is 0 Å². The Morgan fingerprint density at radius 3 is 2.15 bits per heavy atom. The molecule has 0 heterocycles. The molecule has 3 rings (SSSR count). The highest BCUT2D eigenvalue weighted by Crippen LogP contribution is 2.27. The molecule has 2 amide bonds. The maximum absolute atomic E-state index is 14.0. The summed E-state index contributed by atoms with van der Waals surface area (Å²) in [6, 6.07) is 20.6. The second kappa shape index (κ2) is 13.7. The average Bonchev–Trinajstić information content (AvgIpc) is 2.92. The van der Waals surface area contributed by atoms with Crippen molar-refractivity contribution in [1.82, 2.24) is 10.2 Å². The number of thioether (sulfide) groups is 1. The summed E-state index contributed by atoms with van der Waals surface area (Å²) in [6.07, 6.45) is 2.30. The van der Waals surface area contributed by atoms with Crippen LogP contribution in [-0.4, -0.2) is 50.5 Å². The molecular formula is C30H37N3O4S2. The Morgan fingerprint density at radius 1 is 0.923 bits per heavy atom. The molecule has 0 aliphatic rings. The van der Waals surface area contributed by atoms with E-state index >= 15 is 0 Å². The van der Waals surface area contributed by atoms with Crippen LogP contribution >= 0.6 is 11.8 Å². The summed E-state index contributed by atoms with van der Waals surface area (Å²) < 4.78 is 29.0. The summed E-state index contributed by atoms with van der Waals surface area (Å²) >= 11 is 1.52. The maximum atomic E-state index is 14.0. The monoisotopic (exact) mass is 567 g/mol. The molecule has 3 aromatic carbocycles. The van der Waals surface area contributed by atoms with Gasteiger partial charge in [-0.25, -0.2) is 8.42 Å². The van der Waals surface area contributed by atoms with Gasteiger partial charge in [0.15, 0.2) is 0 Å². The smallest absolute Gasteiger partial charge is 0.264 e. The highest BCUT2D eigenvalue weighted by atomic mass is 32.2. The molecule has 1 atom stereocenters. The van der Waals surface area contributed by atoms with Crippen LogP contribution < -0.4 is 9.62 Å². The number of anilines is 1. The molecule has 0 spiro atoms. The lowest BCUT2D eigenvalue weighted by Crippen LogP contribution is -2.52. The molecule has 0 radical (unpaired) electrons. The summed E-state index contributed by atoms with van der Waals surface area (Å²) in [7, 11) is -4.09. The number of aryl methyl sites for hydroxylation is 2. The van der Waals surface area contributed by atoms with E-state index in [9.17, 15) is 18.0 Å². The van der Waals surface area contributed by atoms with Crippen LogP contribution in [0.3, 0.4) is 0 Å². The van der Waals surface area contributed by atoms with Gasteiger partial charge in [-0.2, -0.15) is 0 Å². The zero-order chi connectivity index (χ0) is 28.6. The standard InChI is InChI=1S/C30H37N3O4S2/c1-6-28(30(35)31-7-2)32(20-24-10-8-9-23(4)19-24)29(34)21-33(25-13-11-22(3)12-14-25)39(36,37)27-17-15-26(38-5)16-18-27/h8-19,28H,6-7,20-21H2,1-5H3,(H,31,35)/t28-/m1/s1. The molecule has 0 aliphatic carbocycles. The molecule has 39 heavy (non-hydrogen) atoms. The SMILES string of the molecule is CCNC(=O)[C@@H](CC)N(Cc1cccc(C)c1)C(=O)CN(c1ccc(C)cc1)S(=O)(=O)c1ccc(SC)cc1.